The summed E-state index contributed by atoms with van der Waals surface area (Å²) in [5.74, 6) is -0.811. The highest BCUT2D eigenvalue weighted by Crippen LogP contribution is 2.40. The number of hydrogen-bond acceptors (Lipinski definition) is 3. The van der Waals surface area contributed by atoms with E-state index in [0.29, 0.717) is 18.0 Å². The molecule has 0 unspecified atom stereocenters. The molecule has 2 heterocycles. The van der Waals surface area contributed by atoms with Gasteiger partial charge in [0, 0.05) is 12.2 Å². The summed E-state index contributed by atoms with van der Waals surface area (Å²) in [5.41, 5.74) is 0.338. The van der Waals surface area contributed by atoms with E-state index < -0.39 is 12.0 Å². The molecule has 106 valence electrons. The van der Waals surface area contributed by atoms with Gasteiger partial charge in [0.1, 0.15) is 11.7 Å². The molecule has 20 heavy (non-hydrogen) atoms. The Morgan fingerprint density at radius 3 is 2.75 bits per heavy atom. The maximum atomic E-state index is 12.6. The van der Waals surface area contributed by atoms with Crippen LogP contribution in [0.4, 0.5) is 0 Å². The molecule has 1 saturated heterocycles. The normalized spacial score (nSPS) is 29.0. The van der Waals surface area contributed by atoms with Crippen LogP contribution in [0.1, 0.15) is 42.6 Å². The number of carboxylic acid groups (broad SMARTS) is 1. The first-order valence-electron chi connectivity index (χ1n) is 7.15. The summed E-state index contributed by atoms with van der Waals surface area (Å²) >= 11 is 0. The van der Waals surface area contributed by atoms with Crippen LogP contribution in [0.3, 0.4) is 0 Å². The van der Waals surface area contributed by atoms with Crippen molar-refractivity contribution in [1.82, 2.24) is 9.88 Å². The third kappa shape index (κ3) is 2.17. The van der Waals surface area contributed by atoms with Gasteiger partial charge in [0.25, 0.3) is 5.91 Å². The lowest BCUT2D eigenvalue weighted by Crippen LogP contribution is -2.46. The van der Waals surface area contributed by atoms with E-state index in [1.807, 2.05) is 0 Å². The molecule has 5 heteroatoms. The lowest BCUT2D eigenvalue weighted by molar-refractivity contribution is -0.141. The number of likely N-dealkylation sites (tertiary alicyclic amines) is 1. The SMILES string of the molecule is O=C(O)[C@@H]1C[C@H]2CCCC[C@@H]2N1C(=O)c1ccccn1. The highest BCUT2D eigenvalue weighted by molar-refractivity contribution is 5.95. The van der Waals surface area contributed by atoms with Crippen LogP contribution in [0.2, 0.25) is 0 Å². The van der Waals surface area contributed by atoms with Crippen LogP contribution in [-0.2, 0) is 4.79 Å². The van der Waals surface area contributed by atoms with E-state index in [1.165, 1.54) is 0 Å². The molecular weight excluding hydrogens is 256 g/mol. The van der Waals surface area contributed by atoms with Gasteiger partial charge in [0.05, 0.1) is 0 Å². The van der Waals surface area contributed by atoms with Gasteiger partial charge in [-0.1, -0.05) is 18.9 Å². The number of aliphatic carboxylic acids is 1. The standard InChI is InChI=1S/C15H18N2O3/c18-14(11-6-3-4-8-16-11)17-12-7-2-1-5-10(12)9-13(17)15(19)20/h3-4,6,8,10,12-13H,1-2,5,7,9H2,(H,19,20)/t10-,12+,13+/m1/s1. The Bertz CT molecular complexity index is 517. The zero-order valence-corrected chi connectivity index (χ0v) is 11.2. The fraction of sp³-hybridized carbons (Fsp3) is 0.533. The van der Waals surface area contributed by atoms with E-state index in [1.54, 1.807) is 29.3 Å². The topological polar surface area (TPSA) is 70.5 Å². The average molecular weight is 274 g/mol. The van der Waals surface area contributed by atoms with Crippen LogP contribution in [0.25, 0.3) is 0 Å². The zero-order chi connectivity index (χ0) is 14.1. The molecule has 2 aliphatic rings. The van der Waals surface area contributed by atoms with E-state index in [9.17, 15) is 14.7 Å². The van der Waals surface area contributed by atoms with Crippen molar-refractivity contribution in [3.05, 3.63) is 30.1 Å². The molecule has 3 atom stereocenters. The highest BCUT2D eigenvalue weighted by atomic mass is 16.4. The van der Waals surface area contributed by atoms with Crippen molar-refractivity contribution < 1.29 is 14.7 Å². The van der Waals surface area contributed by atoms with Crippen LogP contribution in [0, 0.1) is 5.92 Å². The molecule has 1 N–H and O–H groups in total. The van der Waals surface area contributed by atoms with Gasteiger partial charge in [-0.2, -0.15) is 0 Å². The molecule has 1 aromatic heterocycles. The minimum atomic E-state index is -0.899. The summed E-state index contributed by atoms with van der Waals surface area (Å²) in [7, 11) is 0. The molecule has 2 fully saturated rings. The van der Waals surface area contributed by atoms with Crippen molar-refractivity contribution in [2.45, 2.75) is 44.2 Å². The minimum Gasteiger partial charge on any atom is -0.480 e. The van der Waals surface area contributed by atoms with Gasteiger partial charge in [-0.3, -0.25) is 9.78 Å². The second-order valence-corrected chi connectivity index (χ2v) is 5.63. The number of aromatic nitrogens is 1. The molecule has 0 aromatic carbocycles. The number of pyridine rings is 1. The second kappa shape index (κ2) is 5.23. The van der Waals surface area contributed by atoms with Crippen LogP contribution >= 0.6 is 0 Å². The van der Waals surface area contributed by atoms with E-state index in [4.69, 9.17) is 0 Å². The van der Waals surface area contributed by atoms with Crippen LogP contribution in [-0.4, -0.2) is 39.0 Å². The summed E-state index contributed by atoms with van der Waals surface area (Å²) in [6.07, 6.45) is 6.29. The number of amides is 1. The van der Waals surface area contributed by atoms with Crippen LogP contribution in [0.5, 0.6) is 0 Å². The Balaban J connectivity index is 1.91. The van der Waals surface area contributed by atoms with E-state index in [0.717, 1.165) is 25.7 Å². The van der Waals surface area contributed by atoms with Crippen LogP contribution < -0.4 is 0 Å². The molecule has 1 amide bonds. The fourth-order valence-electron chi connectivity index (χ4n) is 3.59. The fourth-order valence-corrected chi connectivity index (χ4v) is 3.59. The molecule has 1 aliphatic heterocycles. The summed E-state index contributed by atoms with van der Waals surface area (Å²) in [6.45, 7) is 0. The lowest BCUT2D eigenvalue weighted by atomic mass is 9.84. The van der Waals surface area contributed by atoms with Gasteiger partial charge >= 0.3 is 5.97 Å². The van der Waals surface area contributed by atoms with Gasteiger partial charge in [-0.25, -0.2) is 4.79 Å². The van der Waals surface area contributed by atoms with Crippen molar-refractivity contribution in [3.8, 4) is 0 Å². The summed E-state index contributed by atoms with van der Waals surface area (Å²) in [6, 6.07) is 4.53. The molecular formula is C15H18N2O3. The first kappa shape index (κ1) is 13.1. The predicted octanol–water partition coefficient (Wildman–Crippen LogP) is 1.94. The van der Waals surface area contributed by atoms with E-state index in [2.05, 4.69) is 4.98 Å². The summed E-state index contributed by atoms with van der Waals surface area (Å²) in [4.78, 5) is 29.7. The Kier molecular flexibility index (Phi) is 3.42. The zero-order valence-electron chi connectivity index (χ0n) is 11.2. The Morgan fingerprint density at radius 2 is 2.05 bits per heavy atom. The summed E-state index contributed by atoms with van der Waals surface area (Å²) in [5, 5.41) is 9.41. The number of carbonyl (C=O) groups is 2. The first-order chi connectivity index (χ1) is 9.68. The second-order valence-electron chi connectivity index (χ2n) is 5.63. The maximum Gasteiger partial charge on any atom is 0.326 e. The first-order valence-corrected chi connectivity index (χ1v) is 7.15. The smallest absolute Gasteiger partial charge is 0.326 e. The van der Waals surface area contributed by atoms with Crippen molar-refractivity contribution in [1.29, 1.82) is 0 Å². The largest absolute Gasteiger partial charge is 0.480 e. The van der Waals surface area contributed by atoms with Gasteiger partial charge in [-0.15, -0.1) is 0 Å². The molecule has 1 saturated carbocycles. The number of nitrogens with zero attached hydrogens (tertiary/aromatic N) is 2. The molecule has 3 rings (SSSR count). The highest BCUT2D eigenvalue weighted by Gasteiger charge is 2.47. The third-order valence-corrected chi connectivity index (χ3v) is 4.49. The molecule has 5 nitrogen and oxygen atoms in total. The maximum absolute atomic E-state index is 12.6. The van der Waals surface area contributed by atoms with E-state index in [-0.39, 0.29) is 11.9 Å². The minimum absolute atomic E-state index is 0.0688. The quantitative estimate of drug-likeness (QED) is 0.894. The summed E-state index contributed by atoms with van der Waals surface area (Å²) < 4.78 is 0. The number of rotatable bonds is 2. The van der Waals surface area contributed by atoms with Gasteiger partial charge in [-0.05, 0) is 37.3 Å². The number of carbonyl (C=O) groups excluding carboxylic acids is 1. The van der Waals surface area contributed by atoms with Crippen molar-refractivity contribution >= 4 is 11.9 Å². The number of fused-ring (bicyclic) bond motifs is 1. The van der Waals surface area contributed by atoms with Crippen molar-refractivity contribution in [2.24, 2.45) is 5.92 Å². The average Bonchev–Trinajstić information content (AvgIpc) is 2.87. The van der Waals surface area contributed by atoms with E-state index >= 15 is 0 Å². The van der Waals surface area contributed by atoms with Gasteiger partial charge < -0.3 is 10.0 Å². The van der Waals surface area contributed by atoms with Gasteiger partial charge in [0.15, 0.2) is 0 Å². The Labute approximate surface area is 117 Å². The monoisotopic (exact) mass is 274 g/mol. The number of carboxylic acids is 1. The Hall–Kier alpha value is -1.91. The molecule has 0 spiro atoms. The third-order valence-electron chi connectivity index (χ3n) is 4.49. The van der Waals surface area contributed by atoms with Crippen molar-refractivity contribution in [2.75, 3.05) is 0 Å². The van der Waals surface area contributed by atoms with Crippen molar-refractivity contribution in [3.63, 3.8) is 0 Å². The van der Waals surface area contributed by atoms with Gasteiger partial charge in [0.2, 0.25) is 0 Å². The molecule has 1 aliphatic carbocycles. The lowest BCUT2D eigenvalue weighted by Gasteiger charge is -2.32. The molecule has 1 aromatic rings. The van der Waals surface area contributed by atoms with Crippen LogP contribution in [0.15, 0.2) is 24.4 Å². The molecule has 0 radical (unpaired) electrons. The molecule has 0 bridgehead atoms. The number of hydrogen-bond donors (Lipinski definition) is 1. The predicted molar refractivity (Wildman–Crippen MR) is 72.2 cm³/mol. The Morgan fingerprint density at radius 1 is 1.25 bits per heavy atom.